The van der Waals surface area contributed by atoms with Gasteiger partial charge in [0.1, 0.15) is 5.60 Å². The Hall–Kier alpha value is -2.92. The molecule has 1 aliphatic heterocycles. The molecule has 3 aromatic rings. The third-order valence-electron chi connectivity index (χ3n) is 6.57. The van der Waals surface area contributed by atoms with Crippen LogP contribution in [0.2, 0.25) is 0 Å². The van der Waals surface area contributed by atoms with Crippen molar-refractivity contribution in [1.29, 1.82) is 0 Å². The van der Waals surface area contributed by atoms with Gasteiger partial charge in [0, 0.05) is 25.3 Å². The Bertz CT molecular complexity index is 966. The van der Waals surface area contributed by atoms with Gasteiger partial charge in [0.2, 0.25) is 0 Å². The molecule has 31 heavy (non-hydrogen) atoms. The van der Waals surface area contributed by atoms with Crippen LogP contribution in [0.15, 0.2) is 66.9 Å². The van der Waals surface area contributed by atoms with Crippen LogP contribution < -0.4 is 0 Å². The van der Waals surface area contributed by atoms with Crippen LogP contribution in [0, 0.1) is 12.8 Å². The van der Waals surface area contributed by atoms with Crippen LogP contribution in [-0.4, -0.2) is 38.8 Å². The molecule has 0 spiro atoms. The molecule has 1 aliphatic rings. The molecule has 0 atom stereocenters. The first-order valence-corrected chi connectivity index (χ1v) is 11.2. The Balaban J connectivity index is 1.54. The summed E-state index contributed by atoms with van der Waals surface area (Å²) >= 11 is 0. The first kappa shape index (κ1) is 21.3. The SMILES string of the molecule is CCCn1ncc(C(=O)N2CCC(C(O)(c3ccccc3)c3ccccc3)CC2)c1C. The van der Waals surface area contributed by atoms with Gasteiger partial charge in [0.05, 0.1) is 11.8 Å². The minimum Gasteiger partial charge on any atom is -0.380 e. The number of piperidine rings is 1. The second kappa shape index (κ2) is 9.06. The molecule has 4 rings (SSSR count). The van der Waals surface area contributed by atoms with Crippen molar-refractivity contribution in [3.63, 3.8) is 0 Å². The van der Waals surface area contributed by atoms with E-state index in [2.05, 4.69) is 12.0 Å². The standard InChI is InChI=1S/C26H31N3O2/c1-3-16-29-20(2)24(19-27-29)25(30)28-17-14-23(15-18-28)26(31,21-10-6-4-7-11-21)22-12-8-5-9-13-22/h4-13,19,23,31H,3,14-18H2,1-2H3. The van der Waals surface area contributed by atoms with E-state index in [-0.39, 0.29) is 11.8 Å². The molecule has 162 valence electrons. The monoisotopic (exact) mass is 417 g/mol. The van der Waals surface area contributed by atoms with Gasteiger partial charge in [-0.25, -0.2) is 0 Å². The number of carbonyl (C=O) groups excluding carboxylic acids is 1. The minimum atomic E-state index is -1.07. The smallest absolute Gasteiger partial charge is 0.257 e. The van der Waals surface area contributed by atoms with E-state index in [1.54, 1.807) is 6.20 Å². The Labute approximate surface area is 184 Å². The lowest BCUT2D eigenvalue weighted by molar-refractivity contribution is -0.0122. The van der Waals surface area contributed by atoms with E-state index < -0.39 is 5.60 Å². The van der Waals surface area contributed by atoms with Crippen molar-refractivity contribution in [2.45, 2.75) is 45.3 Å². The fourth-order valence-electron chi connectivity index (χ4n) is 4.79. The highest BCUT2D eigenvalue weighted by Crippen LogP contribution is 2.42. The zero-order valence-corrected chi connectivity index (χ0v) is 18.4. The molecular weight excluding hydrogens is 386 g/mol. The lowest BCUT2D eigenvalue weighted by Crippen LogP contribution is -2.46. The van der Waals surface area contributed by atoms with E-state index in [1.807, 2.05) is 77.2 Å². The normalized spacial score (nSPS) is 15.3. The summed E-state index contributed by atoms with van der Waals surface area (Å²) in [6, 6.07) is 19.8. The molecule has 0 unspecified atom stereocenters. The highest BCUT2D eigenvalue weighted by molar-refractivity contribution is 5.95. The molecule has 0 radical (unpaired) electrons. The highest BCUT2D eigenvalue weighted by atomic mass is 16.3. The maximum Gasteiger partial charge on any atom is 0.257 e. The number of benzene rings is 2. The van der Waals surface area contributed by atoms with Gasteiger partial charge in [-0.15, -0.1) is 0 Å². The molecule has 5 heteroatoms. The molecule has 1 fully saturated rings. The van der Waals surface area contributed by atoms with Crippen LogP contribution >= 0.6 is 0 Å². The maximum absolute atomic E-state index is 13.1. The number of rotatable bonds is 6. The molecule has 1 N–H and O–H groups in total. The average Bonchev–Trinajstić information content (AvgIpc) is 3.19. The van der Waals surface area contributed by atoms with Gasteiger partial charge in [-0.3, -0.25) is 9.48 Å². The van der Waals surface area contributed by atoms with Crippen molar-refractivity contribution in [3.05, 3.63) is 89.2 Å². The van der Waals surface area contributed by atoms with Gasteiger partial charge < -0.3 is 10.0 Å². The number of aryl methyl sites for hydroxylation is 1. The van der Waals surface area contributed by atoms with E-state index in [9.17, 15) is 9.90 Å². The zero-order valence-electron chi connectivity index (χ0n) is 18.4. The Morgan fingerprint density at radius 3 is 2.10 bits per heavy atom. The van der Waals surface area contributed by atoms with Crippen molar-refractivity contribution >= 4 is 5.91 Å². The summed E-state index contributed by atoms with van der Waals surface area (Å²) < 4.78 is 1.91. The summed E-state index contributed by atoms with van der Waals surface area (Å²) in [7, 11) is 0. The van der Waals surface area contributed by atoms with Crippen molar-refractivity contribution in [1.82, 2.24) is 14.7 Å². The predicted molar refractivity (Wildman–Crippen MR) is 122 cm³/mol. The van der Waals surface area contributed by atoms with E-state index in [0.717, 1.165) is 42.6 Å². The minimum absolute atomic E-state index is 0.0326. The first-order chi connectivity index (χ1) is 15.1. The molecule has 1 saturated heterocycles. The lowest BCUT2D eigenvalue weighted by atomic mass is 9.72. The second-order valence-corrected chi connectivity index (χ2v) is 8.43. The van der Waals surface area contributed by atoms with Gasteiger partial charge >= 0.3 is 0 Å². The van der Waals surface area contributed by atoms with E-state index in [4.69, 9.17) is 0 Å². The van der Waals surface area contributed by atoms with E-state index in [1.165, 1.54) is 0 Å². The molecule has 2 heterocycles. The van der Waals surface area contributed by atoms with Crippen LogP contribution in [0.3, 0.4) is 0 Å². The summed E-state index contributed by atoms with van der Waals surface area (Å²) in [6.07, 6.45) is 4.17. The Kier molecular flexibility index (Phi) is 6.23. The third-order valence-corrected chi connectivity index (χ3v) is 6.57. The fourth-order valence-corrected chi connectivity index (χ4v) is 4.79. The quantitative estimate of drug-likeness (QED) is 0.647. The summed E-state index contributed by atoms with van der Waals surface area (Å²) in [6.45, 7) is 6.15. The molecule has 1 amide bonds. The van der Waals surface area contributed by atoms with E-state index >= 15 is 0 Å². The van der Waals surface area contributed by atoms with Crippen molar-refractivity contribution < 1.29 is 9.90 Å². The number of likely N-dealkylation sites (tertiary alicyclic amines) is 1. The Morgan fingerprint density at radius 1 is 1.03 bits per heavy atom. The van der Waals surface area contributed by atoms with Crippen molar-refractivity contribution in [2.75, 3.05) is 13.1 Å². The number of carbonyl (C=O) groups is 1. The van der Waals surface area contributed by atoms with E-state index in [0.29, 0.717) is 18.7 Å². The summed E-state index contributed by atoms with van der Waals surface area (Å²) in [4.78, 5) is 15.1. The average molecular weight is 418 g/mol. The molecule has 0 bridgehead atoms. The number of nitrogens with zero attached hydrogens (tertiary/aromatic N) is 3. The van der Waals surface area contributed by atoms with Gasteiger partial charge in [-0.2, -0.15) is 5.10 Å². The van der Waals surface area contributed by atoms with Crippen LogP contribution in [-0.2, 0) is 12.1 Å². The predicted octanol–water partition coefficient (Wildman–Crippen LogP) is 4.39. The lowest BCUT2D eigenvalue weighted by Gasteiger charge is -2.42. The summed E-state index contributed by atoms with van der Waals surface area (Å²) in [5, 5.41) is 16.4. The number of aromatic nitrogens is 2. The number of amides is 1. The molecule has 0 aliphatic carbocycles. The number of aliphatic hydroxyl groups is 1. The van der Waals surface area contributed by atoms with Gasteiger partial charge in [-0.05, 0) is 43.2 Å². The van der Waals surface area contributed by atoms with Crippen LogP contribution in [0.5, 0.6) is 0 Å². The topological polar surface area (TPSA) is 58.4 Å². The van der Waals surface area contributed by atoms with Crippen molar-refractivity contribution in [2.24, 2.45) is 5.92 Å². The van der Waals surface area contributed by atoms with Gasteiger partial charge in [0.25, 0.3) is 5.91 Å². The van der Waals surface area contributed by atoms with Gasteiger partial charge in [-0.1, -0.05) is 67.6 Å². The van der Waals surface area contributed by atoms with Crippen LogP contribution in [0.1, 0.15) is 53.4 Å². The molecule has 1 aromatic heterocycles. The molecule has 0 saturated carbocycles. The van der Waals surface area contributed by atoms with Gasteiger partial charge in [0.15, 0.2) is 0 Å². The molecular formula is C26H31N3O2. The zero-order chi connectivity index (χ0) is 21.8. The summed E-state index contributed by atoms with van der Waals surface area (Å²) in [5.41, 5.74) is 2.36. The van der Waals surface area contributed by atoms with Crippen LogP contribution in [0.4, 0.5) is 0 Å². The highest BCUT2D eigenvalue weighted by Gasteiger charge is 2.42. The van der Waals surface area contributed by atoms with Crippen LogP contribution in [0.25, 0.3) is 0 Å². The third kappa shape index (κ3) is 4.02. The largest absolute Gasteiger partial charge is 0.380 e. The molecule has 2 aromatic carbocycles. The second-order valence-electron chi connectivity index (χ2n) is 8.43. The Morgan fingerprint density at radius 2 is 1.58 bits per heavy atom. The maximum atomic E-state index is 13.1. The number of hydrogen-bond donors (Lipinski definition) is 1. The fraction of sp³-hybridized carbons (Fsp3) is 0.385. The summed E-state index contributed by atoms with van der Waals surface area (Å²) in [5.74, 6) is 0.0755. The first-order valence-electron chi connectivity index (χ1n) is 11.2. The van der Waals surface area contributed by atoms with Crippen molar-refractivity contribution in [3.8, 4) is 0 Å². The molecule has 5 nitrogen and oxygen atoms in total. The number of hydrogen-bond acceptors (Lipinski definition) is 3.